The Balaban J connectivity index is 2.06. The van der Waals surface area contributed by atoms with Gasteiger partial charge in [0.1, 0.15) is 12.3 Å². The van der Waals surface area contributed by atoms with Crippen LogP contribution in [0.2, 0.25) is 0 Å². The Hall–Kier alpha value is -1.56. The quantitative estimate of drug-likeness (QED) is 0.749. The first kappa shape index (κ1) is 13.9. The Morgan fingerprint density at radius 3 is 2.74 bits per heavy atom. The molecule has 0 spiro atoms. The van der Waals surface area contributed by atoms with Gasteiger partial charge in [0.25, 0.3) is 5.91 Å². The monoisotopic (exact) mass is 283 g/mol. The van der Waals surface area contributed by atoms with E-state index < -0.39 is 0 Å². The van der Waals surface area contributed by atoms with Crippen LogP contribution in [0, 0.1) is 0 Å². The molecule has 1 amide bonds. The van der Waals surface area contributed by atoms with E-state index in [0.29, 0.717) is 17.2 Å². The van der Waals surface area contributed by atoms with E-state index in [0.717, 1.165) is 12.8 Å². The summed E-state index contributed by atoms with van der Waals surface area (Å²) >= 11 is 1.33. The molecule has 0 N–H and O–H groups in total. The largest absolute Gasteiger partial charge is 0.496 e. The second kappa shape index (κ2) is 6.06. The average molecular weight is 283 g/mol. The molecule has 5 nitrogen and oxygen atoms in total. The molecule has 1 aliphatic carbocycles. The molecule has 2 rings (SSSR count). The molecule has 0 bridgehead atoms. The molecule has 1 aromatic heterocycles. The predicted octanol–water partition coefficient (Wildman–Crippen LogP) is 1.92. The van der Waals surface area contributed by atoms with E-state index >= 15 is 0 Å². The predicted molar refractivity (Wildman–Crippen MR) is 71.6 cm³/mol. The molecule has 104 valence electrons. The van der Waals surface area contributed by atoms with Crippen LogP contribution in [-0.2, 0) is 9.53 Å². The Morgan fingerprint density at radius 2 is 2.21 bits per heavy atom. The molecule has 1 saturated carbocycles. The minimum atomic E-state index is -0.355. The molecular formula is C13H17NO4S. The first-order chi connectivity index (χ1) is 9.15. The molecule has 0 aromatic carbocycles. The lowest BCUT2D eigenvalue weighted by atomic mass is 10.3. The van der Waals surface area contributed by atoms with Crippen LogP contribution in [0.4, 0.5) is 0 Å². The van der Waals surface area contributed by atoms with Crippen LogP contribution < -0.4 is 4.74 Å². The van der Waals surface area contributed by atoms with E-state index in [1.54, 1.807) is 30.4 Å². The van der Waals surface area contributed by atoms with Gasteiger partial charge >= 0.3 is 5.97 Å². The van der Waals surface area contributed by atoms with Crippen molar-refractivity contribution in [3.63, 3.8) is 0 Å². The molecule has 1 fully saturated rings. The summed E-state index contributed by atoms with van der Waals surface area (Å²) in [4.78, 5) is 26.1. The lowest BCUT2D eigenvalue weighted by molar-refractivity contribution is -0.143. The van der Waals surface area contributed by atoms with Crippen molar-refractivity contribution in [1.29, 1.82) is 0 Å². The topological polar surface area (TPSA) is 55.8 Å². The zero-order chi connectivity index (χ0) is 13.8. The number of esters is 1. The second-order valence-electron chi connectivity index (χ2n) is 4.32. The van der Waals surface area contributed by atoms with Gasteiger partial charge in [0.15, 0.2) is 0 Å². The van der Waals surface area contributed by atoms with E-state index in [2.05, 4.69) is 0 Å². The Bertz CT molecular complexity index is 467. The van der Waals surface area contributed by atoms with Crippen LogP contribution in [0.3, 0.4) is 0 Å². The van der Waals surface area contributed by atoms with Crippen molar-refractivity contribution in [3.05, 3.63) is 16.3 Å². The van der Waals surface area contributed by atoms with Crippen molar-refractivity contribution in [1.82, 2.24) is 4.90 Å². The maximum absolute atomic E-state index is 12.4. The minimum Gasteiger partial charge on any atom is -0.496 e. The van der Waals surface area contributed by atoms with Gasteiger partial charge in [0.2, 0.25) is 0 Å². The summed E-state index contributed by atoms with van der Waals surface area (Å²) in [5.41, 5.74) is 0. The van der Waals surface area contributed by atoms with Crippen molar-refractivity contribution >= 4 is 23.2 Å². The van der Waals surface area contributed by atoms with Crippen molar-refractivity contribution in [2.45, 2.75) is 25.8 Å². The highest BCUT2D eigenvalue weighted by Gasteiger charge is 2.35. The summed E-state index contributed by atoms with van der Waals surface area (Å²) in [7, 11) is 1.56. The summed E-state index contributed by atoms with van der Waals surface area (Å²) in [6.07, 6.45) is 1.90. The molecule has 0 radical (unpaired) electrons. The van der Waals surface area contributed by atoms with Crippen molar-refractivity contribution in [3.8, 4) is 5.75 Å². The lowest BCUT2D eigenvalue weighted by Gasteiger charge is -2.20. The third-order valence-corrected chi connectivity index (χ3v) is 3.77. The smallest absolute Gasteiger partial charge is 0.325 e. The number of amides is 1. The minimum absolute atomic E-state index is 0.0254. The normalized spacial score (nSPS) is 14.0. The average Bonchev–Trinajstić information content (AvgIpc) is 3.12. The fourth-order valence-electron chi connectivity index (χ4n) is 1.78. The molecule has 0 aliphatic heterocycles. The number of hydrogen-bond donors (Lipinski definition) is 0. The number of rotatable bonds is 6. The van der Waals surface area contributed by atoms with Crippen molar-refractivity contribution in [2.75, 3.05) is 20.3 Å². The third-order valence-electron chi connectivity index (χ3n) is 2.88. The van der Waals surface area contributed by atoms with Gasteiger partial charge < -0.3 is 14.4 Å². The highest BCUT2D eigenvalue weighted by atomic mass is 32.1. The SMILES string of the molecule is CCOC(=O)CN(C(=O)c1cc(OC)cs1)C1CC1. The fourth-order valence-corrected chi connectivity index (χ4v) is 2.59. The van der Waals surface area contributed by atoms with Gasteiger partial charge in [-0.05, 0) is 19.8 Å². The molecule has 1 heterocycles. The van der Waals surface area contributed by atoms with Crippen LogP contribution in [-0.4, -0.2) is 43.1 Å². The van der Waals surface area contributed by atoms with E-state index in [1.165, 1.54) is 11.3 Å². The molecule has 0 unspecified atom stereocenters. The van der Waals surface area contributed by atoms with Gasteiger partial charge in [0.05, 0.1) is 18.6 Å². The van der Waals surface area contributed by atoms with Crippen LogP contribution in [0.15, 0.2) is 11.4 Å². The van der Waals surface area contributed by atoms with Crippen LogP contribution >= 0.6 is 11.3 Å². The second-order valence-corrected chi connectivity index (χ2v) is 5.23. The van der Waals surface area contributed by atoms with Crippen molar-refractivity contribution < 1.29 is 19.1 Å². The van der Waals surface area contributed by atoms with Crippen LogP contribution in [0.1, 0.15) is 29.4 Å². The summed E-state index contributed by atoms with van der Waals surface area (Å²) in [6, 6.07) is 1.87. The van der Waals surface area contributed by atoms with E-state index in [4.69, 9.17) is 9.47 Å². The molecule has 19 heavy (non-hydrogen) atoms. The molecule has 1 aliphatic rings. The first-order valence-corrected chi connectivity index (χ1v) is 7.12. The fraction of sp³-hybridized carbons (Fsp3) is 0.538. The highest BCUT2D eigenvalue weighted by molar-refractivity contribution is 7.12. The standard InChI is InChI=1S/C13H17NO4S/c1-3-18-12(15)7-14(9-4-5-9)13(16)11-6-10(17-2)8-19-11/h6,8-9H,3-5,7H2,1-2H3. The molecule has 1 aromatic rings. The summed E-state index contributed by atoms with van der Waals surface area (Å²) in [5.74, 6) is 0.190. The van der Waals surface area contributed by atoms with Gasteiger partial charge in [0, 0.05) is 17.5 Å². The summed E-state index contributed by atoms with van der Waals surface area (Å²) in [5, 5.41) is 1.78. The molecular weight excluding hydrogens is 266 g/mol. The van der Waals surface area contributed by atoms with Gasteiger partial charge in [-0.25, -0.2) is 0 Å². The third kappa shape index (κ3) is 3.47. The first-order valence-electron chi connectivity index (χ1n) is 6.24. The van der Waals surface area contributed by atoms with E-state index in [-0.39, 0.29) is 24.5 Å². The van der Waals surface area contributed by atoms with Crippen molar-refractivity contribution in [2.24, 2.45) is 0 Å². The van der Waals surface area contributed by atoms with Gasteiger partial charge in [-0.15, -0.1) is 11.3 Å². The number of thiophene rings is 1. The zero-order valence-corrected chi connectivity index (χ0v) is 11.9. The molecule has 0 atom stereocenters. The lowest BCUT2D eigenvalue weighted by Crippen LogP contribution is -2.37. The van der Waals surface area contributed by atoms with E-state index in [9.17, 15) is 9.59 Å². The van der Waals surface area contributed by atoms with Crippen LogP contribution in [0.5, 0.6) is 5.75 Å². The number of ether oxygens (including phenoxy) is 2. The van der Waals surface area contributed by atoms with Gasteiger partial charge in [-0.1, -0.05) is 0 Å². The maximum atomic E-state index is 12.4. The number of carbonyl (C=O) groups is 2. The highest BCUT2D eigenvalue weighted by Crippen LogP contribution is 2.30. The number of carbonyl (C=O) groups excluding carboxylic acids is 2. The molecule has 6 heteroatoms. The number of hydrogen-bond acceptors (Lipinski definition) is 5. The Kier molecular flexibility index (Phi) is 4.42. The number of nitrogens with zero attached hydrogens (tertiary/aromatic N) is 1. The Labute approximate surface area is 116 Å². The summed E-state index contributed by atoms with van der Waals surface area (Å²) < 4.78 is 9.98. The summed E-state index contributed by atoms with van der Waals surface area (Å²) in [6.45, 7) is 2.11. The molecule has 0 saturated heterocycles. The van der Waals surface area contributed by atoms with Crippen LogP contribution in [0.25, 0.3) is 0 Å². The van der Waals surface area contributed by atoms with Gasteiger partial charge in [-0.3, -0.25) is 9.59 Å². The van der Waals surface area contributed by atoms with Gasteiger partial charge in [-0.2, -0.15) is 0 Å². The zero-order valence-electron chi connectivity index (χ0n) is 11.0. The Morgan fingerprint density at radius 1 is 1.47 bits per heavy atom. The maximum Gasteiger partial charge on any atom is 0.325 e. The number of methoxy groups -OCH3 is 1. The van der Waals surface area contributed by atoms with E-state index in [1.807, 2.05) is 0 Å².